The summed E-state index contributed by atoms with van der Waals surface area (Å²) in [6, 6.07) is 20.8. The highest BCUT2D eigenvalue weighted by molar-refractivity contribution is 5.37. The molecule has 0 heterocycles. The van der Waals surface area contributed by atoms with Crippen molar-refractivity contribution in [1.82, 2.24) is 0 Å². The van der Waals surface area contributed by atoms with Crippen molar-refractivity contribution in [1.29, 1.82) is 0 Å². The van der Waals surface area contributed by atoms with E-state index in [1.807, 2.05) is 24.3 Å². The van der Waals surface area contributed by atoms with Crippen molar-refractivity contribution >= 4 is 0 Å². The van der Waals surface area contributed by atoms with Gasteiger partial charge in [-0.15, -0.1) is 0 Å². The van der Waals surface area contributed by atoms with Crippen LogP contribution in [0.3, 0.4) is 0 Å². The molecule has 0 fully saturated rings. The molecule has 0 aromatic heterocycles. The molecule has 0 saturated carbocycles. The first-order valence-electron chi connectivity index (χ1n) is 9.00. The average Bonchev–Trinajstić information content (AvgIpc) is 2.61. The van der Waals surface area contributed by atoms with E-state index in [2.05, 4.69) is 64.1 Å². The maximum absolute atomic E-state index is 6.05. The Morgan fingerprint density at radius 3 is 1.38 bits per heavy atom. The SMILES string of the molecule is Cc1ccc(OCc2ccccc2COc2ccc(C)cc2C)c(C)c1. The molecule has 2 heteroatoms. The Hall–Kier alpha value is -2.74. The zero-order chi connectivity index (χ0) is 18.5. The topological polar surface area (TPSA) is 18.5 Å². The van der Waals surface area contributed by atoms with Gasteiger partial charge in [-0.05, 0) is 62.1 Å². The lowest BCUT2D eigenvalue weighted by Crippen LogP contribution is -2.04. The minimum absolute atomic E-state index is 0.538. The number of ether oxygens (including phenoxy) is 2. The molecule has 0 aliphatic rings. The molecule has 0 bridgehead atoms. The van der Waals surface area contributed by atoms with E-state index in [0.29, 0.717) is 13.2 Å². The molecule has 0 saturated heterocycles. The minimum atomic E-state index is 0.538. The Labute approximate surface area is 156 Å². The highest BCUT2D eigenvalue weighted by Gasteiger charge is 2.07. The molecule has 0 aliphatic carbocycles. The van der Waals surface area contributed by atoms with Crippen molar-refractivity contribution in [2.24, 2.45) is 0 Å². The molecule has 0 radical (unpaired) electrons. The maximum atomic E-state index is 6.05. The molecule has 3 aromatic rings. The van der Waals surface area contributed by atoms with Crippen molar-refractivity contribution in [3.63, 3.8) is 0 Å². The third-order valence-corrected chi connectivity index (χ3v) is 4.55. The molecule has 0 atom stereocenters. The Morgan fingerprint density at radius 1 is 0.577 bits per heavy atom. The van der Waals surface area contributed by atoms with Crippen LogP contribution in [0.5, 0.6) is 11.5 Å². The fourth-order valence-electron chi connectivity index (χ4n) is 3.07. The second-order valence-electron chi connectivity index (χ2n) is 6.88. The standard InChI is InChI=1S/C24H26O2/c1-17-9-11-23(19(3)13-17)25-15-21-7-5-6-8-22(21)16-26-24-12-10-18(2)14-20(24)4/h5-14H,15-16H2,1-4H3. The molecule has 0 unspecified atom stereocenters. The van der Waals surface area contributed by atoms with Gasteiger partial charge in [-0.3, -0.25) is 0 Å². The van der Waals surface area contributed by atoms with Crippen LogP contribution in [0.2, 0.25) is 0 Å². The van der Waals surface area contributed by atoms with Crippen LogP contribution in [0.4, 0.5) is 0 Å². The Balaban J connectivity index is 1.69. The summed E-state index contributed by atoms with van der Waals surface area (Å²) in [6.07, 6.45) is 0. The summed E-state index contributed by atoms with van der Waals surface area (Å²) < 4.78 is 12.1. The zero-order valence-corrected chi connectivity index (χ0v) is 16.0. The Morgan fingerprint density at radius 2 is 1.00 bits per heavy atom. The lowest BCUT2D eigenvalue weighted by molar-refractivity contribution is 0.283. The summed E-state index contributed by atoms with van der Waals surface area (Å²) in [4.78, 5) is 0. The number of aryl methyl sites for hydroxylation is 4. The van der Waals surface area contributed by atoms with Gasteiger partial charge in [0.05, 0.1) is 0 Å². The molecular weight excluding hydrogens is 320 g/mol. The van der Waals surface area contributed by atoms with Crippen LogP contribution in [-0.2, 0) is 13.2 Å². The summed E-state index contributed by atoms with van der Waals surface area (Å²) in [7, 11) is 0. The van der Waals surface area contributed by atoms with Gasteiger partial charge in [0.25, 0.3) is 0 Å². The van der Waals surface area contributed by atoms with Gasteiger partial charge in [-0.2, -0.15) is 0 Å². The van der Waals surface area contributed by atoms with E-state index in [4.69, 9.17) is 9.47 Å². The molecule has 0 spiro atoms. The molecule has 26 heavy (non-hydrogen) atoms. The summed E-state index contributed by atoms with van der Waals surface area (Å²) in [5.74, 6) is 1.86. The van der Waals surface area contributed by atoms with E-state index in [1.54, 1.807) is 0 Å². The smallest absolute Gasteiger partial charge is 0.122 e. The summed E-state index contributed by atoms with van der Waals surface area (Å²) >= 11 is 0. The van der Waals surface area contributed by atoms with Gasteiger partial charge in [0.15, 0.2) is 0 Å². The first-order chi connectivity index (χ1) is 12.5. The van der Waals surface area contributed by atoms with E-state index >= 15 is 0 Å². The molecule has 2 nitrogen and oxygen atoms in total. The second-order valence-corrected chi connectivity index (χ2v) is 6.88. The van der Waals surface area contributed by atoms with Crippen LogP contribution >= 0.6 is 0 Å². The van der Waals surface area contributed by atoms with Gasteiger partial charge in [-0.25, -0.2) is 0 Å². The monoisotopic (exact) mass is 346 g/mol. The Kier molecular flexibility index (Phi) is 5.62. The largest absolute Gasteiger partial charge is 0.489 e. The molecule has 3 rings (SSSR count). The first-order valence-corrected chi connectivity index (χ1v) is 9.00. The Bertz CT molecular complexity index is 822. The maximum Gasteiger partial charge on any atom is 0.122 e. The van der Waals surface area contributed by atoms with Gasteiger partial charge in [0.2, 0.25) is 0 Å². The van der Waals surface area contributed by atoms with E-state index in [0.717, 1.165) is 33.8 Å². The summed E-state index contributed by atoms with van der Waals surface area (Å²) in [5.41, 5.74) is 7.12. The molecule has 3 aromatic carbocycles. The lowest BCUT2D eigenvalue weighted by Gasteiger charge is -2.15. The van der Waals surface area contributed by atoms with Crippen LogP contribution in [0.1, 0.15) is 33.4 Å². The fraction of sp³-hybridized carbons (Fsp3) is 0.250. The average molecular weight is 346 g/mol. The van der Waals surface area contributed by atoms with Gasteiger partial charge < -0.3 is 9.47 Å². The third-order valence-electron chi connectivity index (χ3n) is 4.55. The summed E-state index contributed by atoms with van der Waals surface area (Å²) in [5, 5.41) is 0. The van der Waals surface area contributed by atoms with Gasteiger partial charge in [0, 0.05) is 0 Å². The minimum Gasteiger partial charge on any atom is -0.489 e. The molecule has 0 aliphatic heterocycles. The third kappa shape index (κ3) is 4.45. The van der Waals surface area contributed by atoms with Gasteiger partial charge in [-0.1, -0.05) is 59.7 Å². The van der Waals surface area contributed by atoms with Crippen molar-refractivity contribution in [3.05, 3.63) is 94.0 Å². The second kappa shape index (κ2) is 8.09. The highest BCUT2D eigenvalue weighted by Crippen LogP contribution is 2.23. The number of rotatable bonds is 6. The highest BCUT2D eigenvalue weighted by atomic mass is 16.5. The summed E-state index contributed by atoms with van der Waals surface area (Å²) in [6.45, 7) is 9.43. The van der Waals surface area contributed by atoms with Crippen molar-refractivity contribution in [2.45, 2.75) is 40.9 Å². The first kappa shape index (κ1) is 18.1. The van der Waals surface area contributed by atoms with Crippen molar-refractivity contribution in [2.75, 3.05) is 0 Å². The van der Waals surface area contributed by atoms with Crippen LogP contribution in [0.15, 0.2) is 60.7 Å². The van der Waals surface area contributed by atoms with E-state index in [-0.39, 0.29) is 0 Å². The van der Waals surface area contributed by atoms with Crippen LogP contribution in [0, 0.1) is 27.7 Å². The number of benzene rings is 3. The number of hydrogen-bond acceptors (Lipinski definition) is 2. The predicted octanol–water partition coefficient (Wildman–Crippen LogP) is 6.08. The quantitative estimate of drug-likeness (QED) is 0.538. The predicted molar refractivity (Wildman–Crippen MR) is 107 cm³/mol. The van der Waals surface area contributed by atoms with E-state index in [1.165, 1.54) is 11.1 Å². The van der Waals surface area contributed by atoms with E-state index < -0.39 is 0 Å². The molecule has 134 valence electrons. The normalized spacial score (nSPS) is 10.6. The van der Waals surface area contributed by atoms with Crippen molar-refractivity contribution in [3.8, 4) is 11.5 Å². The van der Waals surface area contributed by atoms with Crippen molar-refractivity contribution < 1.29 is 9.47 Å². The van der Waals surface area contributed by atoms with Gasteiger partial charge in [0.1, 0.15) is 24.7 Å². The number of hydrogen-bond donors (Lipinski definition) is 0. The molecular formula is C24H26O2. The molecule has 0 amide bonds. The van der Waals surface area contributed by atoms with Crippen LogP contribution < -0.4 is 9.47 Å². The lowest BCUT2D eigenvalue weighted by atomic mass is 10.1. The zero-order valence-electron chi connectivity index (χ0n) is 16.0. The molecule has 0 N–H and O–H groups in total. The van der Waals surface area contributed by atoms with Gasteiger partial charge >= 0.3 is 0 Å². The van der Waals surface area contributed by atoms with Crippen LogP contribution in [-0.4, -0.2) is 0 Å². The fourth-order valence-corrected chi connectivity index (χ4v) is 3.07. The van der Waals surface area contributed by atoms with E-state index in [9.17, 15) is 0 Å². The van der Waals surface area contributed by atoms with Crippen LogP contribution in [0.25, 0.3) is 0 Å².